The van der Waals surface area contributed by atoms with E-state index in [0.717, 1.165) is 11.1 Å². The molecule has 0 aliphatic heterocycles. The topological polar surface area (TPSA) is 93.0 Å². The van der Waals surface area contributed by atoms with Gasteiger partial charge < -0.3 is 14.6 Å². The zero-order valence-electron chi connectivity index (χ0n) is 12.4. The smallest absolute Gasteiger partial charge is 0.204 e. The van der Waals surface area contributed by atoms with Crippen LogP contribution < -0.4 is 9.84 Å². The van der Waals surface area contributed by atoms with E-state index in [1.807, 2.05) is 18.2 Å². The molecule has 0 saturated heterocycles. The van der Waals surface area contributed by atoms with Gasteiger partial charge in [0.25, 0.3) is 0 Å². The Labute approximate surface area is 142 Å². The molecule has 0 fully saturated rings. The maximum atomic E-state index is 10.4. The maximum absolute atomic E-state index is 10.4. The Hall–Kier alpha value is -2.93. The van der Waals surface area contributed by atoms with Gasteiger partial charge >= 0.3 is 0 Å². The predicted octanol–water partition coefficient (Wildman–Crippen LogP) is 1.17. The quantitative estimate of drug-likeness (QED) is 0.667. The van der Waals surface area contributed by atoms with Crippen LogP contribution in [-0.2, 0) is 11.3 Å². The van der Waals surface area contributed by atoms with Crippen LogP contribution in [0.3, 0.4) is 0 Å². The summed E-state index contributed by atoms with van der Waals surface area (Å²) in [6.07, 6.45) is 0. The third-order valence-corrected chi connectivity index (χ3v) is 3.56. The molecule has 122 valence electrons. The van der Waals surface area contributed by atoms with Gasteiger partial charge in [-0.05, 0) is 41.1 Å². The van der Waals surface area contributed by atoms with E-state index in [2.05, 4.69) is 15.4 Å². The van der Waals surface area contributed by atoms with Gasteiger partial charge in [0.2, 0.25) is 5.82 Å². The second kappa shape index (κ2) is 7.10. The largest absolute Gasteiger partial charge is 0.546 e. The Morgan fingerprint density at radius 1 is 1.17 bits per heavy atom. The maximum Gasteiger partial charge on any atom is 0.204 e. The van der Waals surface area contributed by atoms with Crippen molar-refractivity contribution in [1.82, 2.24) is 20.2 Å². The van der Waals surface area contributed by atoms with E-state index in [9.17, 15) is 9.90 Å². The molecular formula is C16H12ClN4O3-. The molecule has 0 spiro atoms. The molecule has 0 aliphatic carbocycles. The highest BCUT2D eigenvalue weighted by molar-refractivity contribution is 6.31. The van der Waals surface area contributed by atoms with Gasteiger partial charge in [-0.1, -0.05) is 29.8 Å². The fourth-order valence-electron chi connectivity index (χ4n) is 2.05. The molecular weight excluding hydrogens is 332 g/mol. The van der Waals surface area contributed by atoms with Gasteiger partial charge in [-0.15, -0.1) is 10.2 Å². The summed E-state index contributed by atoms with van der Waals surface area (Å²) in [4.78, 5) is 11.8. The van der Waals surface area contributed by atoms with Crippen LogP contribution in [0.2, 0.25) is 5.02 Å². The molecule has 0 aliphatic rings. The first-order valence-corrected chi connectivity index (χ1v) is 7.44. The summed E-state index contributed by atoms with van der Waals surface area (Å²) in [5.74, 6) is -0.400. The van der Waals surface area contributed by atoms with Crippen LogP contribution in [0.4, 0.5) is 0 Å². The number of ether oxygens (including phenoxy) is 1. The minimum atomic E-state index is -1.27. The lowest BCUT2D eigenvalue weighted by Crippen LogP contribution is -2.28. The summed E-state index contributed by atoms with van der Waals surface area (Å²) in [5, 5.41) is 23.3. The third kappa shape index (κ3) is 3.88. The van der Waals surface area contributed by atoms with E-state index < -0.39 is 12.6 Å². The molecule has 8 heteroatoms. The minimum Gasteiger partial charge on any atom is -0.546 e. The van der Waals surface area contributed by atoms with Crippen LogP contribution in [0, 0.1) is 0 Å². The van der Waals surface area contributed by atoms with Crippen LogP contribution in [0.25, 0.3) is 11.4 Å². The van der Waals surface area contributed by atoms with Crippen molar-refractivity contribution >= 4 is 17.6 Å². The highest BCUT2D eigenvalue weighted by atomic mass is 35.5. The zero-order valence-corrected chi connectivity index (χ0v) is 13.2. The lowest BCUT2D eigenvalue weighted by Gasteiger charge is -2.06. The molecule has 0 atom stereocenters. The predicted molar refractivity (Wildman–Crippen MR) is 84.3 cm³/mol. The SMILES string of the molecule is O=C([O-])COc1ccc(-c2nnn(Cc3ccccc3Cl)n2)cc1. The van der Waals surface area contributed by atoms with Gasteiger partial charge in [-0.25, -0.2) is 0 Å². The van der Waals surface area contributed by atoms with Gasteiger partial charge in [-0.2, -0.15) is 4.80 Å². The second-order valence-electron chi connectivity index (χ2n) is 4.92. The van der Waals surface area contributed by atoms with Crippen LogP contribution in [-0.4, -0.2) is 32.8 Å². The molecule has 0 bridgehead atoms. The Balaban J connectivity index is 1.71. The summed E-state index contributed by atoms with van der Waals surface area (Å²) in [5.41, 5.74) is 1.63. The molecule has 0 N–H and O–H groups in total. The average Bonchev–Trinajstić information content (AvgIpc) is 3.04. The number of aliphatic carboxylic acids is 1. The number of rotatable bonds is 6. The van der Waals surface area contributed by atoms with Crippen LogP contribution in [0.15, 0.2) is 48.5 Å². The van der Waals surface area contributed by atoms with Gasteiger partial charge in [0.15, 0.2) is 0 Å². The standard InChI is InChI=1S/C16H13ClN4O3/c17-14-4-2-1-3-12(14)9-21-19-16(18-20-21)11-5-7-13(8-6-11)24-10-15(22)23/h1-8H,9-10H2,(H,22,23)/p-1. The van der Waals surface area contributed by atoms with Crippen molar-refractivity contribution in [2.45, 2.75) is 6.54 Å². The van der Waals surface area contributed by atoms with Crippen molar-refractivity contribution in [3.8, 4) is 17.1 Å². The van der Waals surface area contributed by atoms with E-state index in [-0.39, 0.29) is 0 Å². The molecule has 0 saturated carbocycles. The van der Waals surface area contributed by atoms with E-state index in [0.29, 0.717) is 23.1 Å². The van der Waals surface area contributed by atoms with Crippen molar-refractivity contribution in [3.05, 3.63) is 59.1 Å². The molecule has 0 amide bonds. The number of hydrogen-bond acceptors (Lipinski definition) is 6. The number of carbonyl (C=O) groups is 1. The Bertz CT molecular complexity index is 849. The number of nitrogens with zero attached hydrogens (tertiary/aromatic N) is 4. The number of carbonyl (C=O) groups excluding carboxylic acids is 1. The van der Waals surface area contributed by atoms with E-state index >= 15 is 0 Å². The summed E-state index contributed by atoms with van der Waals surface area (Å²) >= 11 is 6.12. The van der Waals surface area contributed by atoms with Crippen molar-refractivity contribution in [2.24, 2.45) is 0 Å². The van der Waals surface area contributed by atoms with Crippen molar-refractivity contribution in [2.75, 3.05) is 6.61 Å². The van der Waals surface area contributed by atoms with Gasteiger partial charge in [-0.3, -0.25) is 0 Å². The Kier molecular flexibility index (Phi) is 4.72. The monoisotopic (exact) mass is 343 g/mol. The molecule has 0 unspecified atom stereocenters. The highest BCUT2D eigenvalue weighted by Crippen LogP contribution is 2.19. The molecule has 0 radical (unpaired) electrons. The number of halogens is 1. The Morgan fingerprint density at radius 3 is 2.62 bits per heavy atom. The van der Waals surface area contributed by atoms with Crippen LogP contribution in [0.5, 0.6) is 5.75 Å². The molecule has 2 aromatic carbocycles. The molecule has 24 heavy (non-hydrogen) atoms. The molecule has 1 aromatic heterocycles. The van der Waals surface area contributed by atoms with Crippen molar-refractivity contribution < 1.29 is 14.6 Å². The summed E-state index contributed by atoms with van der Waals surface area (Å²) < 4.78 is 5.02. The Morgan fingerprint density at radius 2 is 1.92 bits per heavy atom. The minimum absolute atomic E-state index is 0.416. The second-order valence-corrected chi connectivity index (χ2v) is 5.33. The molecule has 3 aromatic rings. The lowest BCUT2D eigenvalue weighted by molar-refractivity contribution is -0.307. The average molecular weight is 344 g/mol. The van der Waals surface area contributed by atoms with Crippen molar-refractivity contribution in [3.63, 3.8) is 0 Å². The lowest BCUT2D eigenvalue weighted by atomic mass is 10.2. The molecule has 7 nitrogen and oxygen atoms in total. The summed E-state index contributed by atoms with van der Waals surface area (Å²) in [6.45, 7) is -0.0783. The normalized spacial score (nSPS) is 10.5. The van der Waals surface area contributed by atoms with E-state index in [1.165, 1.54) is 4.80 Å². The molecule has 1 heterocycles. The van der Waals surface area contributed by atoms with E-state index in [4.69, 9.17) is 16.3 Å². The van der Waals surface area contributed by atoms with Gasteiger partial charge in [0.05, 0.1) is 12.5 Å². The number of tetrazole rings is 1. The van der Waals surface area contributed by atoms with Crippen LogP contribution >= 0.6 is 11.6 Å². The number of carboxylic acid groups (broad SMARTS) is 1. The number of benzene rings is 2. The summed E-state index contributed by atoms with van der Waals surface area (Å²) in [6, 6.07) is 14.2. The summed E-state index contributed by atoms with van der Waals surface area (Å²) in [7, 11) is 0. The van der Waals surface area contributed by atoms with Gasteiger partial charge in [0, 0.05) is 10.6 Å². The van der Waals surface area contributed by atoms with E-state index in [1.54, 1.807) is 30.3 Å². The third-order valence-electron chi connectivity index (χ3n) is 3.19. The first-order chi connectivity index (χ1) is 11.6. The fraction of sp³-hybridized carbons (Fsp3) is 0.125. The number of carboxylic acids is 1. The van der Waals surface area contributed by atoms with Crippen LogP contribution in [0.1, 0.15) is 5.56 Å². The first kappa shape index (κ1) is 15.9. The van der Waals surface area contributed by atoms with Crippen molar-refractivity contribution in [1.29, 1.82) is 0 Å². The van der Waals surface area contributed by atoms with Gasteiger partial charge in [0.1, 0.15) is 12.4 Å². The first-order valence-electron chi connectivity index (χ1n) is 7.06. The molecule has 3 rings (SSSR count). The fourth-order valence-corrected chi connectivity index (χ4v) is 2.24. The number of hydrogen-bond donors (Lipinski definition) is 0. The zero-order chi connectivity index (χ0) is 16.9. The highest BCUT2D eigenvalue weighted by Gasteiger charge is 2.08. The number of aromatic nitrogens is 4.